The van der Waals surface area contributed by atoms with E-state index < -0.39 is 5.97 Å². The molecule has 0 aromatic heterocycles. The Hall–Kier alpha value is -1.70. The summed E-state index contributed by atoms with van der Waals surface area (Å²) in [6.07, 6.45) is 0.576. The summed E-state index contributed by atoms with van der Waals surface area (Å²) < 4.78 is 0. The second kappa shape index (κ2) is 7.68. The zero-order valence-corrected chi connectivity index (χ0v) is 9.04. The molecule has 0 rings (SSSR count). The van der Waals surface area contributed by atoms with Crippen LogP contribution in [0.1, 0.15) is 20.3 Å². The van der Waals surface area contributed by atoms with E-state index in [0.29, 0.717) is 19.5 Å². The van der Waals surface area contributed by atoms with E-state index >= 15 is 0 Å². The molecule has 0 aromatic rings. The number of amides is 2. The molecule has 0 unspecified atom stereocenters. The predicted octanol–water partition coefficient (Wildman–Crippen LogP) is 0.516. The van der Waals surface area contributed by atoms with Gasteiger partial charge >= 0.3 is 12.0 Å². The zero-order chi connectivity index (χ0) is 11.7. The predicted molar refractivity (Wildman–Crippen MR) is 56.3 cm³/mol. The van der Waals surface area contributed by atoms with Gasteiger partial charge in [0.05, 0.1) is 0 Å². The first-order valence-electron chi connectivity index (χ1n) is 4.76. The van der Waals surface area contributed by atoms with Gasteiger partial charge in [0.1, 0.15) is 6.54 Å². The number of urea groups is 1. The fourth-order valence-electron chi connectivity index (χ4n) is 0.959. The summed E-state index contributed by atoms with van der Waals surface area (Å²) in [5.41, 5.74) is 0. The number of likely N-dealkylation sites (N-methyl/N-ethyl adjacent to an activating group) is 1. The molecule has 5 heteroatoms. The van der Waals surface area contributed by atoms with Crippen LogP contribution >= 0.6 is 0 Å². The summed E-state index contributed by atoms with van der Waals surface area (Å²) in [4.78, 5) is 23.0. The summed E-state index contributed by atoms with van der Waals surface area (Å²) in [5.74, 6) is 4.50. The Morgan fingerprint density at radius 1 is 1.47 bits per heavy atom. The molecule has 0 atom stereocenters. The van der Waals surface area contributed by atoms with Crippen LogP contribution in [-0.4, -0.2) is 41.6 Å². The molecule has 0 aromatic carbocycles. The first kappa shape index (κ1) is 13.3. The van der Waals surface area contributed by atoms with Gasteiger partial charge in [-0.3, -0.25) is 4.79 Å². The number of rotatable bonds is 5. The van der Waals surface area contributed by atoms with Gasteiger partial charge in [0, 0.05) is 19.5 Å². The van der Waals surface area contributed by atoms with Crippen LogP contribution in [0.5, 0.6) is 0 Å². The first-order valence-corrected chi connectivity index (χ1v) is 4.76. The Morgan fingerprint density at radius 3 is 2.60 bits per heavy atom. The Morgan fingerprint density at radius 2 is 2.13 bits per heavy atom. The monoisotopic (exact) mass is 212 g/mol. The normalized spacial score (nSPS) is 8.67. The molecular weight excluding hydrogens is 196 g/mol. The summed E-state index contributed by atoms with van der Waals surface area (Å²) in [7, 11) is 0. The number of carbonyl (C=O) groups is 2. The Bertz CT molecular complexity index is 278. The lowest BCUT2D eigenvalue weighted by Crippen LogP contribution is -2.42. The minimum Gasteiger partial charge on any atom is -0.480 e. The van der Waals surface area contributed by atoms with Crippen LogP contribution in [0.3, 0.4) is 0 Å². The van der Waals surface area contributed by atoms with Crippen molar-refractivity contribution in [2.24, 2.45) is 0 Å². The van der Waals surface area contributed by atoms with Gasteiger partial charge in [0.15, 0.2) is 0 Å². The minimum absolute atomic E-state index is 0.276. The Balaban J connectivity index is 3.91. The maximum Gasteiger partial charge on any atom is 0.323 e. The van der Waals surface area contributed by atoms with Crippen molar-refractivity contribution in [3.8, 4) is 11.8 Å². The van der Waals surface area contributed by atoms with Gasteiger partial charge < -0.3 is 15.3 Å². The molecule has 15 heavy (non-hydrogen) atoms. The van der Waals surface area contributed by atoms with Gasteiger partial charge in [-0.1, -0.05) is 0 Å². The molecule has 2 amide bonds. The average molecular weight is 212 g/mol. The summed E-state index contributed by atoms with van der Waals surface area (Å²) in [5, 5.41) is 11.1. The Kier molecular flexibility index (Phi) is 6.81. The van der Waals surface area contributed by atoms with E-state index in [9.17, 15) is 9.59 Å². The average Bonchev–Trinajstić information content (AvgIpc) is 2.20. The highest BCUT2D eigenvalue weighted by atomic mass is 16.4. The van der Waals surface area contributed by atoms with Crippen LogP contribution in [0.2, 0.25) is 0 Å². The molecule has 0 aliphatic rings. The van der Waals surface area contributed by atoms with Gasteiger partial charge in [0.2, 0.25) is 0 Å². The maximum atomic E-state index is 11.4. The molecule has 0 spiro atoms. The van der Waals surface area contributed by atoms with Crippen molar-refractivity contribution in [2.45, 2.75) is 20.3 Å². The van der Waals surface area contributed by atoms with Crippen molar-refractivity contribution < 1.29 is 14.7 Å². The lowest BCUT2D eigenvalue weighted by atomic mass is 10.4. The van der Waals surface area contributed by atoms with E-state index in [1.54, 1.807) is 13.8 Å². The molecule has 84 valence electrons. The van der Waals surface area contributed by atoms with Crippen molar-refractivity contribution in [3.05, 3.63) is 0 Å². The highest BCUT2D eigenvalue weighted by molar-refractivity contribution is 5.79. The van der Waals surface area contributed by atoms with E-state index in [-0.39, 0.29) is 12.6 Å². The number of carboxylic acid groups (broad SMARTS) is 1. The van der Waals surface area contributed by atoms with E-state index in [2.05, 4.69) is 17.2 Å². The molecule has 0 bridgehead atoms. The number of hydrogen-bond acceptors (Lipinski definition) is 2. The van der Waals surface area contributed by atoms with Crippen LogP contribution in [0, 0.1) is 11.8 Å². The lowest BCUT2D eigenvalue weighted by molar-refractivity contribution is -0.137. The van der Waals surface area contributed by atoms with Gasteiger partial charge in [-0.2, -0.15) is 0 Å². The second-order valence-electron chi connectivity index (χ2n) is 2.82. The van der Waals surface area contributed by atoms with Crippen molar-refractivity contribution in [2.75, 3.05) is 19.6 Å². The van der Waals surface area contributed by atoms with Crippen molar-refractivity contribution in [3.63, 3.8) is 0 Å². The van der Waals surface area contributed by atoms with Crippen LogP contribution in [0.25, 0.3) is 0 Å². The molecule has 0 saturated carbocycles. The van der Waals surface area contributed by atoms with E-state index in [1.807, 2.05) is 0 Å². The largest absolute Gasteiger partial charge is 0.480 e. The van der Waals surface area contributed by atoms with Gasteiger partial charge in [-0.05, 0) is 13.8 Å². The minimum atomic E-state index is -1.01. The van der Waals surface area contributed by atoms with E-state index in [0.717, 1.165) is 0 Å². The van der Waals surface area contributed by atoms with Crippen LogP contribution < -0.4 is 5.32 Å². The quantitative estimate of drug-likeness (QED) is 0.515. The molecular formula is C10H16N2O3. The third-order valence-corrected chi connectivity index (χ3v) is 1.70. The highest BCUT2D eigenvalue weighted by Gasteiger charge is 2.13. The summed E-state index contributed by atoms with van der Waals surface area (Å²) in [6, 6.07) is -0.363. The molecule has 0 aliphatic heterocycles. The third-order valence-electron chi connectivity index (χ3n) is 1.70. The molecule has 0 heterocycles. The standard InChI is InChI=1S/C10H16N2O3/c1-3-5-6-7-11-10(15)12(4-2)8-9(13)14/h4,6-8H2,1-2H3,(H,11,15)(H,13,14). The highest BCUT2D eigenvalue weighted by Crippen LogP contribution is 1.89. The Labute approximate surface area is 89.4 Å². The number of carbonyl (C=O) groups excluding carboxylic acids is 1. The van der Waals surface area contributed by atoms with Crippen molar-refractivity contribution >= 4 is 12.0 Å². The van der Waals surface area contributed by atoms with E-state index in [1.165, 1.54) is 4.90 Å². The summed E-state index contributed by atoms with van der Waals surface area (Å²) >= 11 is 0. The second-order valence-corrected chi connectivity index (χ2v) is 2.82. The third kappa shape index (κ3) is 6.38. The molecule has 0 fully saturated rings. The molecule has 5 nitrogen and oxygen atoms in total. The summed E-state index contributed by atoms with van der Waals surface area (Å²) in [6.45, 7) is 3.99. The molecule has 2 N–H and O–H groups in total. The fraction of sp³-hybridized carbons (Fsp3) is 0.600. The maximum absolute atomic E-state index is 11.4. The van der Waals surface area contributed by atoms with Crippen LogP contribution in [0.4, 0.5) is 4.79 Å². The number of hydrogen-bond donors (Lipinski definition) is 2. The molecule has 0 saturated heterocycles. The van der Waals surface area contributed by atoms with Gasteiger partial charge in [-0.25, -0.2) is 4.79 Å². The lowest BCUT2D eigenvalue weighted by Gasteiger charge is -2.18. The number of aliphatic carboxylic acids is 1. The van der Waals surface area contributed by atoms with Crippen molar-refractivity contribution in [1.82, 2.24) is 10.2 Å². The van der Waals surface area contributed by atoms with E-state index in [4.69, 9.17) is 5.11 Å². The zero-order valence-electron chi connectivity index (χ0n) is 9.04. The number of nitrogens with one attached hydrogen (secondary N) is 1. The van der Waals surface area contributed by atoms with Crippen LogP contribution in [0.15, 0.2) is 0 Å². The fourth-order valence-corrected chi connectivity index (χ4v) is 0.959. The van der Waals surface area contributed by atoms with Gasteiger partial charge in [-0.15, -0.1) is 11.8 Å². The number of nitrogens with zero attached hydrogens (tertiary/aromatic N) is 1. The van der Waals surface area contributed by atoms with Gasteiger partial charge in [0.25, 0.3) is 0 Å². The van der Waals surface area contributed by atoms with Crippen LogP contribution in [-0.2, 0) is 4.79 Å². The SMILES string of the molecule is CC#CCCNC(=O)N(CC)CC(=O)O. The van der Waals surface area contributed by atoms with Crippen molar-refractivity contribution in [1.29, 1.82) is 0 Å². The smallest absolute Gasteiger partial charge is 0.323 e. The first-order chi connectivity index (χ1) is 7.11. The topological polar surface area (TPSA) is 69.6 Å². The number of carboxylic acids is 1. The molecule has 0 aliphatic carbocycles. The molecule has 0 radical (unpaired) electrons.